The Labute approximate surface area is 103 Å². The predicted molar refractivity (Wildman–Crippen MR) is 65.8 cm³/mol. The molecule has 2 N–H and O–H groups in total. The maximum Gasteiger partial charge on any atom is 0.230 e. The molecule has 2 atom stereocenters. The molecule has 5 nitrogen and oxygen atoms in total. The zero-order valence-electron chi connectivity index (χ0n) is 10.8. The second-order valence-corrected chi connectivity index (χ2v) is 5.38. The number of fused-ring (bicyclic) bond motifs is 1. The lowest BCUT2D eigenvalue weighted by Crippen LogP contribution is -2.52. The fourth-order valence-electron chi connectivity index (χ4n) is 2.74. The highest BCUT2D eigenvalue weighted by Crippen LogP contribution is 2.37. The van der Waals surface area contributed by atoms with E-state index in [-0.39, 0.29) is 11.3 Å². The summed E-state index contributed by atoms with van der Waals surface area (Å²) in [5.74, 6) is 0.602. The minimum Gasteiger partial charge on any atom is -0.380 e. The zero-order chi connectivity index (χ0) is 12.3. The van der Waals surface area contributed by atoms with Crippen LogP contribution >= 0.6 is 0 Å². The van der Waals surface area contributed by atoms with Gasteiger partial charge in [0.25, 0.3) is 0 Å². The number of rotatable bonds is 4. The number of carbonyl (C=O) groups excluding carboxylic acids is 1. The average Bonchev–Trinajstić information content (AvgIpc) is 2.73. The molecule has 0 aromatic heterocycles. The van der Waals surface area contributed by atoms with Gasteiger partial charge < -0.3 is 20.3 Å². The van der Waals surface area contributed by atoms with Crippen LogP contribution in [0.25, 0.3) is 0 Å². The van der Waals surface area contributed by atoms with Crippen LogP contribution < -0.4 is 10.6 Å². The fraction of sp³-hybridized carbons (Fsp3) is 0.917. The van der Waals surface area contributed by atoms with Gasteiger partial charge >= 0.3 is 0 Å². The fourth-order valence-corrected chi connectivity index (χ4v) is 2.74. The predicted octanol–water partition coefficient (Wildman–Crippen LogP) is -0.710. The lowest BCUT2D eigenvalue weighted by atomic mass is 9.75. The van der Waals surface area contributed by atoms with Crippen molar-refractivity contribution >= 4 is 5.91 Å². The maximum atomic E-state index is 12.3. The van der Waals surface area contributed by atoms with Gasteiger partial charge in [0.2, 0.25) is 5.91 Å². The highest BCUT2D eigenvalue weighted by Gasteiger charge is 2.50. The van der Waals surface area contributed by atoms with Crippen LogP contribution in [-0.2, 0) is 9.53 Å². The van der Waals surface area contributed by atoms with Crippen molar-refractivity contribution in [2.75, 3.05) is 53.5 Å². The molecule has 0 aromatic rings. The Morgan fingerprint density at radius 2 is 2.41 bits per heavy atom. The lowest BCUT2D eigenvalue weighted by molar-refractivity contribution is -0.141. The van der Waals surface area contributed by atoms with Crippen LogP contribution in [0, 0.1) is 11.3 Å². The third-order valence-electron chi connectivity index (χ3n) is 3.88. The number of hydrogen-bond acceptors (Lipinski definition) is 4. The van der Waals surface area contributed by atoms with Gasteiger partial charge in [-0.25, -0.2) is 0 Å². The summed E-state index contributed by atoms with van der Waals surface area (Å²) in [6, 6.07) is 0. The Kier molecular flexibility index (Phi) is 4.01. The normalized spacial score (nSPS) is 32.5. The van der Waals surface area contributed by atoms with E-state index in [0.717, 1.165) is 32.7 Å². The summed E-state index contributed by atoms with van der Waals surface area (Å²) < 4.78 is 5.52. The van der Waals surface area contributed by atoms with Crippen molar-refractivity contribution in [1.29, 1.82) is 0 Å². The van der Waals surface area contributed by atoms with Crippen LogP contribution in [0.5, 0.6) is 0 Å². The van der Waals surface area contributed by atoms with Gasteiger partial charge in [0.05, 0.1) is 12.0 Å². The zero-order valence-corrected chi connectivity index (χ0v) is 10.8. The van der Waals surface area contributed by atoms with Crippen molar-refractivity contribution < 1.29 is 9.53 Å². The summed E-state index contributed by atoms with van der Waals surface area (Å²) in [4.78, 5) is 14.4. The van der Waals surface area contributed by atoms with Crippen LogP contribution in [0.15, 0.2) is 0 Å². The first-order chi connectivity index (χ1) is 8.15. The highest BCUT2D eigenvalue weighted by atomic mass is 16.5. The van der Waals surface area contributed by atoms with Crippen LogP contribution in [-0.4, -0.2) is 64.3 Å². The number of hydrogen-bond donors (Lipinski definition) is 2. The van der Waals surface area contributed by atoms with Gasteiger partial charge in [0.15, 0.2) is 0 Å². The van der Waals surface area contributed by atoms with Gasteiger partial charge in [-0.1, -0.05) is 0 Å². The average molecular weight is 241 g/mol. The lowest BCUT2D eigenvalue weighted by Gasteiger charge is -2.36. The number of likely N-dealkylation sites (N-methyl/N-ethyl adjacent to an activating group) is 1. The third-order valence-corrected chi connectivity index (χ3v) is 3.88. The first-order valence-electron chi connectivity index (χ1n) is 6.37. The number of nitrogens with one attached hydrogen (secondary N) is 2. The van der Waals surface area contributed by atoms with E-state index in [1.807, 2.05) is 14.1 Å². The van der Waals surface area contributed by atoms with E-state index >= 15 is 0 Å². The Hall–Kier alpha value is -0.650. The maximum absolute atomic E-state index is 12.3. The molecule has 0 unspecified atom stereocenters. The smallest absolute Gasteiger partial charge is 0.230 e. The molecule has 2 heterocycles. The number of nitrogens with zero attached hydrogens (tertiary/aromatic N) is 1. The second kappa shape index (κ2) is 5.33. The molecule has 0 saturated carbocycles. The van der Waals surface area contributed by atoms with E-state index in [9.17, 15) is 4.79 Å². The van der Waals surface area contributed by atoms with Crippen LogP contribution in [0.3, 0.4) is 0 Å². The van der Waals surface area contributed by atoms with E-state index in [1.54, 1.807) is 0 Å². The second-order valence-electron chi connectivity index (χ2n) is 5.38. The Morgan fingerprint density at radius 3 is 3.18 bits per heavy atom. The minimum absolute atomic E-state index is 0.161. The van der Waals surface area contributed by atoms with Crippen molar-refractivity contribution in [1.82, 2.24) is 15.5 Å². The van der Waals surface area contributed by atoms with E-state index in [1.165, 1.54) is 0 Å². The Bertz CT molecular complexity index is 283. The molecule has 1 amide bonds. The van der Waals surface area contributed by atoms with Gasteiger partial charge in [-0.05, 0) is 33.0 Å². The number of carbonyl (C=O) groups is 1. The monoisotopic (exact) mass is 241 g/mol. The quantitative estimate of drug-likeness (QED) is 0.683. The van der Waals surface area contributed by atoms with Crippen molar-refractivity contribution in [3.8, 4) is 0 Å². The molecule has 98 valence electrons. The standard InChI is InChI=1S/C12H23N3O2/c1-15(2)5-4-14-11(16)12-8-13-7-10(12)3-6-17-9-12/h10,13H,3-9H2,1-2H3,(H,14,16)/t10-,12+/m1/s1. The molecule has 0 aliphatic carbocycles. The molecule has 0 aromatic carbocycles. The van der Waals surface area contributed by atoms with Crippen molar-refractivity contribution in [3.63, 3.8) is 0 Å². The summed E-state index contributed by atoms with van der Waals surface area (Å²) in [6.07, 6.45) is 0.994. The van der Waals surface area contributed by atoms with E-state index < -0.39 is 0 Å². The van der Waals surface area contributed by atoms with Gasteiger partial charge in [0, 0.05) is 26.2 Å². The summed E-state index contributed by atoms with van der Waals surface area (Å²) in [5.41, 5.74) is -0.315. The van der Waals surface area contributed by atoms with Crippen LogP contribution in [0.2, 0.25) is 0 Å². The SMILES string of the molecule is CN(C)CCNC(=O)[C@]12CNC[C@H]1CCOC2. The summed E-state index contributed by atoms with van der Waals surface area (Å²) in [6.45, 7) is 4.65. The highest BCUT2D eigenvalue weighted by molar-refractivity contribution is 5.84. The Balaban J connectivity index is 1.91. The molecular weight excluding hydrogens is 218 g/mol. The summed E-state index contributed by atoms with van der Waals surface area (Å²) in [7, 11) is 4.02. The van der Waals surface area contributed by atoms with Crippen molar-refractivity contribution in [2.45, 2.75) is 6.42 Å². The molecule has 2 rings (SSSR count). The van der Waals surface area contributed by atoms with Crippen molar-refractivity contribution in [2.24, 2.45) is 11.3 Å². The summed E-state index contributed by atoms with van der Waals surface area (Å²) in [5, 5.41) is 6.38. The van der Waals surface area contributed by atoms with E-state index in [0.29, 0.717) is 19.1 Å². The third kappa shape index (κ3) is 2.61. The topological polar surface area (TPSA) is 53.6 Å². The molecular formula is C12H23N3O2. The van der Waals surface area contributed by atoms with Gasteiger partial charge in [0.1, 0.15) is 0 Å². The minimum atomic E-state index is -0.315. The van der Waals surface area contributed by atoms with Gasteiger partial charge in [-0.2, -0.15) is 0 Å². The summed E-state index contributed by atoms with van der Waals surface area (Å²) >= 11 is 0. The van der Waals surface area contributed by atoms with Crippen LogP contribution in [0.1, 0.15) is 6.42 Å². The first kappa shape index (κ1) is 12.8. The van der Waals surface area contributed by atoms with E-state index in [4.69, 9.17) is 4.74 Å². The number of ether oxygens (including phenoxy) is 1. The molecule has 2 saturated heterocycles. The largest absolute Gasteiger partial charge is 0.380 e. The molecule has 5 heteroatoms. The Morgan fingerprint density at radius 1 is 1.59 bits per heavy atom. The molecule has 2 fully saturated rings. The molecule has 2 aliphatic rings. The number of amides is 1. The molecule has 17 heavy (non-hydrogen) atoms. The molecule has 0 radical (unpaired) electrons. The van der Waals surface area contributed by atoms with Gasteiger partial charge in [-0.15, -0.1) is 0 Å². The van der Waals surface area contributed by atoms with Crippen molar-refractivity contribution in [3.05, 3.63) is 0 Å². The molecule has 2 aliphatic heterocycles. The van der Waals surface area contributed by atoms with E-state index in [2.05, 4.69) is 15.5 Å². The van der Waals surface area contributed by atoms with Crippen LogP contribution in [0.4, 0.5) is 0 Å². The first-order valence-corrected chi connectivity index (χ1v) is 6.37. The molecule has 0 spiro atoms. The molecule has 0 bridgehead atoms. The van der Waals surface area contributed by atoms with Gasteiger partial charge in [-0.3, -0.25) is 4.79 Å².